The summed E-state index contributed by atoms with van der Waals surface area (Å²) >= 11 is 0. The lowest BCUT2D eigenvalue weighted by Gasteiger charge is -1.99. The number of carbonyl (C=O) groups is 1. The SMILES string of the molecule is CC.Cc1cc(C(=O)O)c(F)cc1F. The highest BCUT2D eigenvalue weighted by Crippen LogP contribution is 2.13. The number of carboxylic acids is 1. The molecule has 0 saturated carbocycles. The van der Waals surface area contributed by atoms with E-state index < -0.39 is 23.2 Å². The van der Waals surface area contributed by atoms with E-state index in [2.05, 4.69) is 0 Å². The van der Waals surface area contributed by atoms with Crippen LogP contribution in [-0.2, 0) is 0 Å². The second-order valence-corrected chi connectivity index (χ2v) is 2.39. The van der Waals surface area contributed by atoms with Gasteiger partial charge in [0.05, 0.1) is 5.56 Å². The lowest BCUT2D eigenvalue weighted by Crippen LogP contribution is -2.02. The molecule has 2 nitrogen and oxygen atoms in total. The van der Waals surface area contributed by atoms with Crippen LogP contribution in [0.3, 0.4) is 0 Å². The third kappa shape index (κ3) is 2.80. The van der Waals surface area contributed by atoms with E-state index in [4.69, 9.17) is 5.11 Å². The summed E-state index contributed by atoms with van der Waals surface area (Å²) < 4.78 is 25.3. The van der Waals surface area contributed by atoms with Crippen LogP contribution < -0.4 is 0 Å². The van der Waals surface area contributed by atoms with Crippen molar-refractivity contribution in [2.75, 3.05) is 0 Å². The Hall–Kier alpha value is -1.45. The number of carboxylic acid groups (broad SMARTS) is 1. The highest BCUT2D eigenvalue weighted by Gasteiger charge is 2.12. The second-order valence-electron chi connectivity index (χ2n) is 2.39. The van der Waals surface area contributed by atoms with Gasteiger partial charge in [0, 0.05) is 6.07 Å². The third-order valence-electron chi connectivity index (χ3n) is 1.48. The monoisotopic (exact) mass is 202 g/mol. The van der Waals surface area contributed by atoms with Gasteiger partial charge in [0.1, 0.15) is 11.6 Å². The molecule has 0 aliphatic carbocycles. The molecule has 4 heteroatoms. The van der Waals surface area contributed by atoms with Gasteiger partial charge in [-0.15, -0.1) is 0 Å². The normalized spacial score (nSPS) is 8.93. The first-order valence-corrected chi connectivity index (χ1v) is 4.21. The fraction of sp³-hybridized carbons (Fsp3) is 0.300. The Morgan fingerprint density at radius 3 is 2.14 bits per heavy atom. The first-order valence-electron chi connectivity index (χ1n) is 4.21. The Bertz CT molecular complexity index is 335. The molecule has 0 fully saturated rings. The lowest BCUT2D eigenvalue weighted by molar-refractivity contribution is 0.0691. The van der Waals surface area contributed by atoms with Crippen LogP contribution in [0.25, 0.3) is 0 Å². The predicted molar refractivity (Wildman–Crippen MR) is 49.4 cm³/mol. The summed E-state index contributed by atoms with van der Waals surface area (Å²) in [6.45, 7) is 5.38. The zero-order chi connectivity index (χ0) is 11.3. The Balaban J connectivity index is 0.000000791. The number of rotatable bonds is 1. The number of hydrogen-bond acceptors (Lipinski definition) is 1. The quantitative estimate of drug-likeness (QED) is 0.760. The van der Waals surface area contributed by atoms with Crippen molar-refractivity contribution >= 4 is 5.97 Å². The molecular formula is C10H12F2O2. The summed E-state index contributed by atoms with van der Waals surface area (Å²) in [6.07, 6.45) is 0. The summed E-state index contributed by atoms with van der Waals surface area (Å²) in [5, 5.41) is 8.42. The Morgan fingerprint density at radius 2 is 1.71 bits per heavy atom. The standard InChI is InChI=1S/C8H6F2O2.C2H6/c1-4-2-5(8(11)12)7(10)3-6(4)9;1-2/h2-3H,1H3,(H,11,12);1-2H3. The van der Waals surface area contributed by atoms with Gasteiger partial charge in [-0.05, 0) is 18.6 Å². The van der Waals surface area contributed by atoms with Crippen molar-refractivity contribution in [3.05, 3.63) is 34.9 Å². The van der Waals surface area contributed by atoms with Gasteiger partial charge in [-0.2, -0.15) is 0 Å². The topological polar surface area (TPSA) is 37.3 Å². The van der Waals surface area contributed by atoms with Crippen molar-refractivity contribution in [1.82, 2.24) is 0 Å². The molecule has 14 heavy (non-hydrogen) atoms. The number of benzene rings is 1. The first-order chi connectivity index (χ1) is 6.52. The Labute approximate surface area is 81.2 Å². The maximum Gasteiger partial charge on any atom is 0.338 e. The largest absolute Gasteiger partial charge is 0.478 e. The molecule has 0 aliphatic rings. The fourth-order valence-electron chi connectivity index (χ4n) is 0.821. The van der Waals surface area contributed by atoms with E-state index in [9.17, 15) is 13.6 Å². The van der Waals surface area contributed by atoms with E-state index in [0.717, 1.165) is 6.07 Å². The highest BCUT2D eigenvalue weighted by molar-refractivity contribution is 5.88. The number of halogens is 2. The molecule has 0 radical (unpaired) electrons. The molecule has 0 unspecified atom stereocenters. The Morgan fingerprint density at radius 1 is 1.21 bits per heavy atom. The molecule has 0 heterocycles. The zero-order valence-electron chi connectivity index (χ0n) is 8.27. The average molecular weight is 202 g/mol. The second kappa shape index (κ2) is 5.32. The van der Waals surface area contributed by atoms with Crippen LogP contribution in [0, 0.1) is 18.6 Å². The molecule has 1 aromatic carbocycles. The Kier molecular flexibility index (Phi) is 4.77. The maximum absolute atomic E-state index is 12.7. The zero-order valence-corrected chi connectivity index (χ0v) is 8.27. The van der Waals surface area contributed by atoms with E-state index in [1.807, 2.05) is 13.8 Å². The minimum Gasteiger partial charge on any atom is -0.478 e. The van der Waals surface area contributed by atoms with Crippen LogP contribution in [0.15, 0.2) is 12.1 Å². The summed E-state index contributed by atoms with van der Waals surface area (Å²) in [4.78, 5) is 10.3. The van der Waals surface area contributed by atoms with E-state index in [1.54, 1.807) is 0 Å². The first kappa shape index (κ1) is 12.6. The summed E-state index contributed by atoms with van der Waals surface area (Å²) in [6, 6.07) is 1.53. The molecular weight excluding hydrogens is 190 g/mol. The third-order valence-corrected chi connectivity index (χ3v) is 1.48. The van der Waals surface area contributed by atoms with Gasteiger partial charge in [-0.3, -0.25) is 0 Å². The lowest BCUT2D eigenvalue weighted by atomic mass is 10.1. The highest BCUT2D eigenvalue weighted by atomic mass is 19.1. The molecule has 0 aromatic heterocycles. The maximum atomic E-state index is 12.7. The van der Waals surface area contributed by atoms with Crippen molar-refractivity contribution in [2.45, 2.75) is 20.8 Å². The molecule has 0 amide bonds. The van der Waals surface area contributed by atoms with Gasteiger partial charge in [0.15, 0.2) is 0 Å². The summed E-state index contributed by atoms with van der Waals surface area (Å²) in [5.74, 6) is -3.18. The van der Waals surface area contributed by atoms with Crippen molar-refractivity contribution in [3.8, 4) is 0 Å². The minimum absolute atomic E-state index is 0.119. The van der Waals surface area contributed by atoms with Gasteiger partial charge in [-0.1, -0.05) is 13.8 Å². The number of aryl methyl sites for hydroxylation is 1. The van der Waals surface area contributed by atoms with Gasteiger partial charge >= 0.3 is 5.97 Å². The molecule has 1 N–H and O–H groups in total. The van der Waals surface area contributed by atoms with Crippen molar-refractivity contribution in [3.63, 3.8) is 0 Å². The molecule has 0 spiro atoms. The van der Waals surface area contributed by atoms with E-state index in [1.165, 1.54) is 6.92 Å². The van der Waals surface area contributed by atoms with Gasteiger partial charge in [0.25, 0.3) is 0 Å². The molecule has 0 atom stereocenters. The van der Waals surface area contributed by atoms with Crippen LogP contribution >= 0.6 is 0 Å². The summed E-state index contributed by atoms with van der Waals surface area (Å²) in [7, 11) is 0. The number of aromatic carboxylic acids is 1. The smallest absolute Gasteiger partial charge is 0.338 e. The van der Waals surface area contributed by atoms with E-state index >= 15 is 0 Å². The average Bonchev–Trinajstić information content (AvgIpc) is 2.14. The fourth-order valence-corrected chi connectivity index (χ4v) is 0.821. The van der Waals surface area contributed by atoms with Crippen molar-refractivity contribution in [1.29, 1.82) is 0 Å². The van der Waals surface area contributed by atoms with Crippen molar-refractivity contribution < 1.29 is 18.7 Å². The number of hydrogen-bond donors (Lipinski definition) is 1. The molecule has 0 aliphatic heterocycles. The minimum atomic E-state index is -1.39. The molecule has 0 bridgehead atoms. The van der Waals surface area contributed by atoms with Gasteiger partial charge in [0.2, 0.25) is 0 Å². The van der Waals surface area contributed by atoms with E-state index in [-0.39, 0.29) is 5.56 Å². The molecule has 0 saturated heterocycles. The van der Waals surface area contributed by atoms with Gasteiger partial charge in [-0.25, -0.2) is 13.6 Å². The van der Waals surface area contributed by atoms with Crippen LogP contribution in [0.4, 0.5) is 8.78 Å². The van der Waals surface area contributed by atoms with Crippen molar-refractivity contribution in [2.24, 2.45) is 0 Å². The molecule has 78 valence electrons. The molecule has 1 rings (SSSR count). The van der Waals surface area contributed by atoms with Crippen LogP contribution in [0.5, 0.6) is 0 Å². The predicted octanol–water partition coefficient (Wildman–Crippen LogP) is 3.00. The van der Waals surface area contributed by atoms with Crippen LogP contribution in [0.2, 0.25) is 0 Å². The van der Waals surface area contributed by atoms with Crippen LogP contribution in [0.1, 0.15) is 29.8 Å². The molecule has 1 aromatic rings. The van der Waals surface area contributed by atoms with Crippen LogP contribution in [-0.4, -0.2) is 11.1 Å². The summed E-state index contributed by atoms with van der Waals surface area (Å²) in [5.41, 5.74) is -0.386. The van der Waals surface area contributed by atoms with E-state index in [0.29, 0.717) is 6.07 Å². The van der Waals surface area contributed by atoms with Gasteiger partial charge < -0.3 is 5.11 Å².